The summed E-state index contributed by atoms with van der Waals surface area (Å²) in [5.41, 5.74) is 23.5. The lowest BCUT2D eigenvalue weighted by atomic mass is 9.88. The summed E-state index contributed by atoms with van der Waals surface area (Å²) in [4.78, 5) is 20.6. The van der Waals surface area contributed by atoms with Crippen LogP contribution in [0.2, 0.25) is 0 Å². The summed E-state index contributed by atoms with van der Waals surface area (Å²) in [6, 6.07) is 162. The maximum absolute atomic E-state index is 5.46. The first kappa shape index (κ1) is 71.6. The van der Waals surface area contributed by atoms with Crippen LogP contribution in [0, 0.1) is 0 Å². The fourth-order valence-electron chi connectivity index (χ4n) is 19.5. The minimum Gasteiger partial charge on any atom is -0.309 e. The van der Waals surface area contributed by atoms with Crippen molar-refractivity contribution in [3.63, 3.8) is 0 Å². The monoisotopic (exact) mass is 1570 g/mol. The lowest BCUT2D eigenvalue weighted by Crippen LogP contribution is -2.00. The van der Waals surface area contributed by atoms with Crippen LogP contribution in [0.25, 0.3) is 242 Å². The molecule has 0 spiro atoms. The third kappa shape index (κ3) is 12.0. The summed E-state index contributed by atoms with van der Waals surface area (Å²) in [6.07, 6.45) is 0. The molecular weight excluding hydrogens is 1500 g/mol. The van der Waals surface area contributed by atoms with Gasteiger partial charge in [-0.05, 0) is 176 Å². The molecule has 0 unspecified atom stereocenters. The minimum absolute atomic E-state index is 0.633. The van der Waals surface area contributed by atoms with E-state index in [0.717, 1.165) is 67.3 Å². The quantitative estimate of drug-likeness (QED) is 0.121. The van der Waals surface area contributed by atoms with Gasteiger partial charge in [-0.2, -0.15) is 0 Å². The van der Waals surface area contributed by atoms with Crippen LogP contribution < -0.4 is 0 Å². The van der Waals surface area contributed by atoms with Crippen molar-refractivity contribution in [1.82, 2.24) is 29.1 Å². The van der Waals surface area contributed by atoms with E-state index >= 15 is 0 Å². The summed E-state index contributed by atoms with van der Waals surface area (Å²) in [5, 5.41) is 25.0. The van der Waals surface area contributed by atoms with Crippen LogP contribution in [0.4, 0.5) is 0 Å². The maximum atomic E-state index is 5.46. The largest absolute Gasteiger partial charge is 0.309 e. The molecule has 0 aliphatic carbocycles. The Bertz CT molecular complexity index is 8540. The Kier molecular flexibility index (Phi) is 17.2. The zero-order chi connectivity index (χ0) is 81.7. The predicted octanol–water partition coefficient (Wildman–Crippen LogP) is 31.4. The highest BCUT2D eigenvalue weighted by Crippen LogP contribution is 2.51. The molecule has 0 aliphatic rings. The highest BCUT2D eigenvalue weighted by molar-refractivity contribution is 6.40. The summed E-state index contributed by atoms with van der Waals surface area (Å²) < 4.78 is 4.91. The van der Waals surface area contributed by atoms with Crippen LogP contribution in [0.3, 0.4) is 0 Å². The molecular formula is C118H74N6. The summed E-state index contributed by atoms with van der Waals surface area (Å²) in [7, 11) is 0. The molecule has 0 radical (unpaired) electrons. The Labute approximate surface area is 715 Å². The first-order valence-electron chi connectivity index (χ1n) is 42.4. The zero-order valence-electron chi connectivity index (χ0n) is 67.4. The van der Waals surface area contributed by atoms with Gasteiger partial charge in [-0.1, -0.05) is 382 Å². The van der Waals surface area contributed by atoms with Crippen LogP contribution in [0.15, 0.2) is 449 Å². The number of hydrogen-bond donors (Lipinski definition) is 0. The third-order valence-corrected chi connectivity index (χ3v) is 25.2. The molecule has 0 amide bonds. The van der Waals surface area contributed by atoms with Gasteiger partial charge in [-0.3, -0.25) is 0 Å². The first-order valence-corrected chi connectivity index (χ1v) is 42.4. The molecule has 0 N–H and O–H groups in total. The molecule has 0 fully saturated rings. The van der Waals surface area contributed by atoms with E-state index in [0.29, 0.717) is 17.5 Å². The molecule has 4 heterocycles. The zero-order valence-corrected chi connectivity index (χ0v) is 67.4. The van der Waals surface area contributed by atoms with Gasteiger partial charge in [0.2, 0.25) is 0 Å². The summed E-state index contributed by atoms with van der Waals surface area (Å²) in [5.74, 6) is 1.91. The van der Waals surface area contributed by atoms with Gasteiger partial charge in [0.05, 0.1) is 33.5 Å². The first-order chi connectivity index (χ1) is 61.5. The number of nitrogens with zero attached hydrogens (tertiary/aromatic N) is 6. The molecule has 21 aromatic carbocycles. The van der Waals surface area contributed by atoms with E-state index < -0.39 is 0 Å². The second-order valence-corrected chi connectivity index (χ2v) is 32.2. The van der Waals surface area contributed by atoms with Gasteiger partial charge in [0, 0.05) is 82.3 Å². The molecule has 124 heavy (non-hydrogen) atoms. The molecule has 0 bridgehead atoms. The molecule has 0 atom stereocenters. The smallest absolute Gasteiger partial charge is 0.164 e. The van der Waals surface area contributed by atoms with Crippen molar-refractivity contribution in [1.29, 1.82) is 0 Å². The number of benzene rings is 21. The Morgan fingerprint density at radius 1 is 0.153 bits per heavy atom. The molecule has 25 rings (SSSR count). The number of rotatable bonds is 11. The minimum atomic E-state index is 0.633. The Morgan fingerprint density at radius 2 is 0.452 bits per heavy atom. The average molecular weight is 1580 g/mol. The van der Waals surface area contributed by atoms with Gasteiger partial charge in [0.1, 0.15) is 0 Å². The topological polar surface area (TPSA) is 61.4 Å². The van der Waals surface area contributed by atoms with E-state index in [9.17, 15) is 0 Å². The van der Waals surface area contributed by atoms with Gasteiger partial charge in [0.25, 0.3) is 0 Å². The maximum Gasteiger partial charge on any atom is 0.164 e. The number of aromatic nitrogens is 6. The molecule has 576 valence electrons. The molecule has 4 aromatic heterocycles. The van der Waals surface area contributed by atoms with Crippen molar-refractivity contribution in [2.45, 2.75) is 0 Å². The van der Waals surface area contributed by atoms with Crippen LogP contribution in [0.1, 0.15) is 0 Å². The molecule has 0 saturated heterocycles. The molecule has 0 aliphatic heterocycles. The normalized spacial score (nSPS) is 11.7. The Balaban J connectivity index is 0.000000139. The lowest BCUT2D eigenvalue weighted by Gasteiger charge is -2.16. The van der Waals surface area contributed by atoms with Crippen molar-refractivity contribution in [3.8, 4) is 113 Å². The van der Waals surface area contributed by atoms with E-state index in [4.69, 9.17) is 19.9 Å². The number of hydrogen-bond acceptors (Lipinski definition) is 4. The van der Waals surface area contributed by atoms with Gasteiger partial charge < -0.3 is 9.13 Å². The third-order valence-electron chi connectivity index (χ3n) is 25.2. The highest BCUT2D eigenvalue weighted by Gasteiger charge is 2.26. The fourth-order valence-corrected chi connectivity index (χ4v) is 19.5. The Hall–Kier alpha value is -16.5. The van der Waals surface area contributed by atoms with Gasteiger partial charge in [-0.15, -0.1) is 0 Å². The molecule has 6 nitrogen and oxygen atoms in total. The second kappa shape index (κ2) is 29.8. The summed E-state index contributed by atoms with van der Waals surface area (Å²) in [6.45, 7) is 0. The number of fused-ring (bicyclic) bond motifs is 23. The van der Waals surface area contributed by atoms with E-state index in [1.165, 1.54) is 158 Å². The van der Waals surface area contributed by atoms with Crippen molar-refractivity contribution < 1.29 is 0 Å². The second-order valence-electron chi connectivity index (χ2n) is 32.2. The van der Waals surface area contributed by atoms with Crippen LogP contribution in [0.5, 0.6) is 0 Å². The number of para-hydroxylation sites is 4. The van der Waals surface area contributed by atoms with Crippen molar-refractivity contribution >= 4 is 130 Å². The van der Waals surface area contributed by atoms with Gasteiger partial charge >= 0.3 is 0 Å². The van der Waals surface area contributed by atoms with Crippen molar-refractivity contribution in [2.24, 2.45) is 0 Å². The Morgan fingerprint density at radius 3 is 0.903 bits per heavy atom. The van der Waals surface area contributed by atoms with E-state index in [-0.39, 0.29) is 0 Å². The van der Waals surface area contributed by atoms with Crippen molar-refractivity contribution in [2.75, 3.05) is 0 Å². The van der Waals surface area contributed by atoms with Crippen molar-refractivity contribution in [3.05, 3.63) is 449 Å². The van der Waals surface area contributed by atoms with Crippen LogP contribution in [-0.4, -0.2) is 29.1 Å². The molecule has 25 aromatic rings. The van der Waals surface area contributed by atoms with E-state index in [1.807, 2.05) is 36.4 Å². The number of pyridine rings is 1. The van der Waals surface area contributed by atoms with Gasteiger partial charge in [0.15, 0.2) is 17.5 Å². The van der Waals surface area contributed by atoms with Gasteiger partial charge in [-0.25, -0.2) is 19.9 Å². The fraction of sp³-hybridized carbons (Fsp3) is 0. The van der Waals surface area contributed by atoms with E-state index in [2.05, 4.69) is 422 Å². The summed E-state index contributed by atoms with van der Waals surface area (Å²) >= 11 is 0. The van der Waals surface area contributed by atoms with Crippen LogP contribution >= 0.6 is 0 Å². The SMILES string of the molecule is c1ccc(-c2cc(-c3ccc(-c4cc5c6ccccc6c6c(c7ccccc7n6-c6ccccc6)c5c5ccccc45)cc3)nc(-c3cc4ccccc4c4ccccc34)c2)cc1.c1ccc(-c2ccc(-c3nc(-c4ccccc4)nc(-c4ccc(-c5cc6c7ccccc7c7c(c8ccccc8n7-c7ccccc7)c6c6ccccc56)cc4)n3)cc2)cc1. The standard InChI is InChI=1S/C61H38N2.C57H36N4/c1-3-17-39(18-4-1)43-36-56(62-57(37-43)54-35-42-19-7-8-22-45(42)46-23-9-10-24-47(46)54)41-33-31-40(32-34-41)53-38-55-49-26-12-14-28-51(49)61-60(59(55)50-27-13-11-25-48(50)53)52-29-15-16-30-58(52)63(61)44-20-5-2-6-21-44;1-4-16-37(17-5-1)38-28-32-41(33-29-38)56-58-55(40-18-6-2-7-19-40)59-57(60-56)42-34-30-39(31-35-42)49-36-50-45-23-11-13-25-47(45)54-53(52(50)46-24-12-10-22-44(46)49)48-26-14-15-27-51(48)61(54)43-20-8-3-9-21-43/h1-38H;1-36H. The predicted molar refractivity (Wildman–Crippen MR) is 522 cm³/mol. The highest BCUT2D eigenvalue weighted by atomic mass is 15.0. The van der Waals surface area contributed by atoms with Crippen LogP contribution in [-0.2, 0) is 0 Å². The molecule has 0 saturated carbocycles. The molecule has 6 heteroatoms. The lowest BCUT2D eigenvalue weighted by molar-refractivity contribution is 1.07. The van der Waals surface area contributed by atoms with E-state index in [1.54, 1.807) is 0 Å². The average Bonchev–Trinajstić information content (AvgIpc) is 1.54.